The van der Waals surface area contributed by atoms with E-state index in [0.29, 0.717) is 16.4 Å². The van der Waals surface area contributed by atoms with Gasteiger partial charge in [0.05, 0.1) is 17.3 Å². The van der Waals surface area contributed by atoms with Crippen LogP contribution in [-0.2, 0) is 22.3 Å². The highest BCUT2D eigenvalue weighted by atomic mass is 35.5. The fourth-order valence-electron chi connectivity index (χ4n) is 2.32. The SMILES string of the molecule is Cc1cccc(CS(=O)(=O)NCc2nc(-c3ccccc3Cl)no2)c1. The lowest BCUT2D eigenvalue weighted by atomic mass is 10.2. The number of sulfonamides is 1. The highest BCUT2D eigenvalue weighted by Gasteiger charge is 2.15. The summed E-state index contributed by atoms with van der Waals surface area (Å²) < 4.78 is 31.9. The Morgan fingerprint density at radius 2 is 1.96 bits per heavy atom. The Balaban J connectivity index is 1.66. The van der Waals surface area contributed by atoms with E-state index in [1.807, 2.05) is 31.2 Å². The Morgan fingerprint density at radius 1 is 1.16 bits per heavy atom. The maximum atomic E-state index is 12.2. The number of hydrogen-bond donors (Lipinski definition) is 1. The van der Waals surface area contributed by atoms with Crippen LogP contribution in [0.5, 0.6) is 0 Å². The zero-order valence-corrected chi connectivity index (χ0v) is 15.0. The van der Waals surface area contributed by atoms with E-state index in [1.54, 1.807) is 24.3 Å². The van der Waals surface area contributed by atoms with Gasteiger partial charge in [0, 0.05) is 5.56 Å². The number of halogens is 1. The van der Waals surface area contributed by atoms with Gasteiger partial charge in [-0.2, -0.15) is 4.98 Å². The van der Waals surface area contributed by atoms with Gasteiger partial charge >= 0.3 is 0 Å². The number of aryl methyl sites for hydroxylation is 1. The summed E-state index contributed by atoms with van der Waals surface area (Å²) in [6, 6.07) is 14.4. The molecule has 1 heterocycles. The largest absolute Gasteiger partial charge is 0.338 e. The van der Waals surface area contributed by atoms with E-state index >= 15 is 0 Å². The summed E-state index contributed by atoms with van der Waals surface area (Å²) in [6.07, 6.45) is 0. The molecule has 3 rings (SSSR count). The number of benzene rings is 2. The van der Waals surface area contributed by atoms with Gasteiger partial charge in [-0.25, -0.2) is 13.1 Å². The lowest BCUT2D eigenvalue weighted by Crippen LogP contribution is -2.24. The van der Waals surface area contributed by atoms with Crippen LogP contribution < -0.4 is 4.72 Å². The molecule has 2 aromatic carbocycles. The van der Waals surface area contributed by atoms with Gasteiger partial charge < -0.3 is 4.52 Å². The third-order valence-electron chi connectivity index (χ3n) is 3.47. The molecule has 0 spiro atoms. The van der Waals surface area contributed by atoms with E-state index in [9.17, 15) is 8.42 Å². The van der Waals surface area contributed by atoms with Crippen molar-refractivity contribution in [1.29, 1.82) is 0 Å². The maximum absolute atomic E-state index is 12.2. The second-order valence-electron chi connectivity index (χ2n) is 5.56. The van der Waals surface area contributed by atoms with Gasteiger partial charge in [0.1, 0.15) is 0 Å². The van der Waals surface area contributed by atoms with Crippen molar-refractivity contribution in [2.24, 2.45) is 0 Å². The van der Waals surface area contributed by atoms with Crippen LogP contribution in [0.3, 0.4) is 0 Å². The first kappa shape index (κ1) is 17.6. The molecule has 3 aromatic rings. The van der Waals surface area contributed by atoms with E-state index in [1.165, 1.54) is 0 Å². The Bertz CT molecular complexity index is 986. The van der Waals surface area contributed by atoms with E-state index in [-0.39, 0.29) is 18.2 Å². The third-order valence-corrected chi connectivity index (χ3v) is 5.09. The lowest BCUT2D eigenvalue weighted by molar-refractivity contribution is 0.376. The molecule has 0 aliphatic carbocycles. The minimum absolute atomic E-state index is 0.0778. The van der Waals surface area contributed by atoms with Crippen molar-refractivity contribution in [3.63, 3.8) is 0 Å². The van der Waals surface area contributed by atoms with Crippen LogP contribution in [0.4, 0.5) is 0 Å². The predicted molar refractivity (Wildman–Crippen MR) is 95.4 cm³/mol. The molecule has 25 heavy (non-hydrogen) atoms. The molecule has 1 N–H and O–H groups in total. The van der Waals surface area contributed by atoms with Crippen LogP contribution in [0, 0.1) is 6.92 Å². The van der Waals surface area contributed by atoms with Crippen LogP contribution in [0.2, 0.25) is 5.02 Å². The normalized spacial score (nSPS) is 11.6. The van der Waals surface area contributed by atoms with Gasteiger partial charge in [-0.15, -0.1) is 0 Å². The van der Waals surface area contributed by atoms with Crippen molar-refractivity contribution in [3.05, 3.63) is 70.6 Å². The topological polar surface area (TPSA) is 85.1 Å². The van der Waals surface area contributed by atoms with Gasteiger partial charge in [0.15, 0.2) is 0 Å². The van der Waals surface area contributed by atoms with Gasteiger partial charge in [-0.3, -0.25) is 0 Å². The van der Waals surface area contributed by atoms with E-state index in [0.717, 1.165) is 11.1 Å². The minimum Gasteiger partial charge on any atom is -0.338 e. The smallest absolute Gasteiger partial charge is 0.242 e. The highest BCUT2D eigenvalue weighted by molar-refractivity contribution is 7.88. The Kier molecular flexibility index (Phi) is 5.17. The van der Waals surface area contributed by atoms with Crippen molar-refractivity contribution in [1.82, 2.24) is 14.9 Å². The second-order valence-corrected chi connectivity index (χ2v) is 7.77. The lowest BCUT2D eigenvalue weighted by Gasteiger charge is -2.05. The molecule has 8 heteroatoms. The van der Waals surface area contributed by atoms with Crippen molar-refractivity contribution in [2.45, 2.75) is 19.2 Å². The Hall–Kier alpha value is -2.22. The average Bonchev–Trinajstić information content (AvgIpc) is 3.02. The summed E-state index contributed by atoms with van der Waals surface area (Å²) in [6.45, 7) is 1.84. The Labute approximate surface area is 150 Å². The molecule has 0 aliphatic heterocycles. The number of hydrogen-bond acceptors (Lipinski definition) is 5. The van der Waals surface area contributed by atoms with Crippen molar-refractivity contribution in [3.8, 4) is 11.4 Å². The van der Waals surface area contributed by atoms with Gasteiger partial charge in [0.2, 0.25) is 21.7 Å². The fraction of sp³-hybridized carbons (Fsp3) is 0.176. The molecule has 1 aromatic heterocycles. The standard InChI is InChI=1S/C17H16ClN3O3S/c1-12-5-4-6-13(9-12)11-25(22,23)19-10-16-20-17(21-24-16)14-7-2-3-8-15(14)18/h2-9,19H,10-11H2,1H3. The van der Waals surface area contributed by atoms with E-state index in [4.69, 9.17) is 16.1 Å². The Morgan fingerprint density at radius 3 is 2.72 bits per heavy atom. The summed E-state index contributed by atoms with van der Waals surface area (Å²) in [5.41, 5.74) is 2.35. The molecule has 0 saturated carbocycles. The molecule has 0 atom stereocenters. The zero-order chi connectivity index (χ0) is 17.9. The van der Waals surface area contributed by atoms with Crippen molar-refractivity contribution < 1.29 is 12.9 Å². The van der Waals surface area contributed by atoms with Gasteiger partial charge in [-0.1, -0.05) is 58.7 Å². The summed E-state index contributed by atoms with van der Waals surface area (Å²) in [5, 5.41) is 4.33. The van der Waals surface area contributed by atoms with E-state index < -0.39 is 10.0 Å². The van der Waals surface area contributed by atoms with Crippen LogP contribution in [-0.4, -0.2) is 18.6 Å². The number of nitrogens with one attached hydrogen (secondary N) is 1. The van der Waals surface area contributed by atoms with Crippen molar-refractivity contribution >= 4 is 21.6 Å². The van der Waals surface area contributed by atoms with Gasteiger partial charge in [-0.05, 0) is 24.6 Å². The van der Waals surface area contributed by atoms with Crippen molar-refractivity contribution in [2.75, 3.05) is 0 Å². The first-order valence-corrected chi connectivity index (χ1v) is 9.56. The fourth-order valence-corrected chi connectivity index (χ4v) is 3.61. The van der Waals surface area contributed by atoms with Gasteiger partial charge in [0.25, 0.3) is 0 Å². The van der Waals surface area contributed by atoms with Crippen LogP contribution >= 0.6 is 11.6 Å². The average molecular weight is 378 g/mol. The molecule has 0 bridgehead atoms. The zero-order valence-electron chi connectivity index (χ0n) is 13.4. The van der Waals surface area contributed by atoms with Crippen LogP contribution in [0.25, 0.3) is 11.4 Å². The summed E-state index contributed by atoms with van der Waals surface area (Å²) in [7, 11) is -3.52. The third kappa shape index (κ3) is 4.66. The molecule has 0 fully saturated rings. The minimum atomic E-state index is -3.52. The molecule has 0 saturated heterocycles. The number of rotatable bonds is 6. The summed E-state index contributed by atoms with van der Waals surface area (Å²) in [4.78, 5) is 4.18. The quantitative estimate of drug-likeness (QED) is 0.712. The van der Waals surface area contributed by atoms with E-state index in [2.05, 4.69) is 14.9 Å². The molecule has 130 valence electrons. The molecule has 0 amide bonds. The molecule has 0 radical (unpaired) electrons. The highest BCUT2D eigenvalue weighted by Crippen LogP contribution is 2.24. The maximum Gasteiger partial charge on any atom is 0.242 e. The van der Waals surface area contributed by atoms with Crippen LogP contribution in [0.1, 0.15) is 17.0 Å². The monoisotopic (exact) mass is 377 g/mol. The number of aromatic nitrogens is 2. The predicted octanol–water partition coefficient (Wildman–Crippen LogP) is 3.32. The molecular weight excluding hydrogens is 362 g/mol. The number of nitrogens with zero attached hydrogens (tertiary/aromatic N) is 2. The second kappa shape index (κ2) is 7.35. The molecule has 6 nitrogen and oxygen atoms in total. The summed E-state index contributed by atoms with van der Waals surface area (Å²) >= 11 is 6.09. The molecule has 0 unspecified atom stereocenters. The molecular formula is C17H16ClN3O3S. The first-order valence-electron chi connectivity index (χ1n) is 7.53. The molecule has 0 aliphatic rings. The first-order chi connectivity index (χ1) is 11.9. The summed E-state index contributed by atoms with van der Waals surface area (Å²) in [5.74, 6) is 0.376. The van der Waals surface area contributed by atoms with Crippen LogP contribution in [0.15, 0.2) is 53.1 Å².